The van der Waals surface area contributed by atoms with Gasteiger partial charge in [0.25, 0.3) is 0 Å². The molecular formula is C18H18N2O2S. The first kappa shape index (κ1) is 15.6. The van der Waals surface area contributed by atoms with Crippen LogP contribution in [0.4, 0.5) is 0 Å². The summed E-state index contributed by atoms with van der Waals surface area (Å²) in [6.45, 7) is 2.10. The van der Waals surface area contributed by atoms with Gasteiger partial charge in [-0.05, 0) is 24.1 Å². The number of Topliss-reactive ketones (excluding diaryl/α,β-unsaturated/α-hetero) is 1. The highest BCUT2D eigenvalue weighted by Gasteiger charge is 2.10. The van der Waals surface area contributed by atoms with Crippen molar-refractivity contribution in [3.63, 3.8) is 0 Å². The van der Waals surface area contributed by atoms with Gasteiger partial charge in [0.2, 0.25) is 0 Å². The fourth-order valence-corrected chi connectivity index (χ4v) is 3.08. The topological polar surface area (TPSA) is 55.0 Å². The fraction of sp³-hybridized carbons (Fsp3) is 0.222. The lowest BCUT2D eigenvalue weighted by molar-refractivity contribution is 0.102. The van der Waals surface area contributed by atoms with Crippen molar-refractivity contribution >= 4 is 28.6 Å². The van der Waals surface area contributed by atoms with Gasteiger partial charge in [-0.1, -0.05) is 43.0 Å². The predicted molar refractivity (Wildman–Crippen MR) is 93.5 cm³/mol. The zero-order valence-electron chi connectivity index (χ0n) is 13.1. The van der Waals surface area contributed by atoms with Crippen molar-refractivity contribution in [1.29, 1.82) is 0 Å². The number of aryl methyl sites for hydroxylation is 1. The van der Waals surface area contributed by atoms with Gasteiger partial charge in [0.15, 0.2) is 10.9 Å². The molecule has 0 amide bonds. The maximum Gasteiger partial charge on any atom is 0.173 e. The van der Waals surface area contributed by atoms with E-state index in [1.807, 2.05) is 42.5 Å². The highest BCUT2D eigenvalue weighted by molar-refractivity contribution is 7.99. The lowest BCUT2D eigenvalue weighted by atomic mass is 10.1. The van der Waals surface area contributed by atoms with Gasteiger partial charge in [0.05, 0.1) is 23.9 Å². The van der Waals surface area contributed by atoms with Crippen LogP contribution >= 0.6 is 11.8 Å². The molecule has 3 rings (SSSR count). The third-order valence-corrected chi connectivity index (χ3v) is 4.56. The summed E-state index contributed by atoms with van der Waals surface area (Å²) in [4.78, 5) is 19.9. The van der Waals surface area contributed by atoms with Gasteiger partial charge in [-0.2, -0.15) is 0 Å². The van der Waals surface area contributed by atoms with E-state index in [4.69, 9.17) is 4.74 Å². The van der Waals surface area contributed by atoms with Crippen LogP contribution < -0.4 is 4.74 Å². The summed E-state index contributed by atoms with van der Waals surface area (Å²) >= 11 is 1.42. The van der Waals surface area contributed by atoms with Crippen LogP contribution in [0.1, 0.15) is 22.8 Å². The van der Waals surface area contributed by atoms with Gasteiger partial charge in [0, 0.05) is 11.6 Å². The summed E-state index contributed by atoms with van der Waals surface area (Å²) in [7, 11) is 1.63. The number of ether oxygens (including phenoxy) is 1. The van der Waals surface area contributed by atoms with Crippen LogP contribution in [0.3, 0.4) is 0 Å². The normalized spacial score (nSPS) is 10.9. The van der Waals surface area contributed by atoms with E-state index in [1.165, 1.54) is 17.3 Å². The molecule has 0 saturated carbocycles. The second kappa shape index (κ2) is 6.87. The summed E-state index contributed by atoms with van der Waals surface area (Å²) < 4.78 is 5.20. The Balaban J connectivity index is 1.68. The van der Waals surface area contributed by atoms with Crippen LogP contribution in [0.2, 0.25) is 0 Å². The first-order valence-electron chi connectivity index (χ1n) is 7.48. The molecular weight excluding hydrogens is 308 g/mol. The van der Waals surface area contributed by atoms with E-state index in [-0.39, 0.29) is 5.78 Å². The number of benzene rings is 2. The first-order valence-corrected chi connectivity index (χ1v) is 8.47. The van der Waals surface area contributed by atoms with Crippen molar-refractivity contribution in [2.24, 2.45) is 0 Å². The number of fused-ring (bicyclic) bond motifs is 1. The second-order valence-electron chi connectivity index (χ2n) is 5.19. The standard InChI is InChI=1S/C18H18N2O2S/c1-3-12-4-6-13(7-5-12)17(21)11-23-18-19-15-9-8-14(22-2)10-16(15)20-18/h4-10H,3,11H2,1-2H3,(H,19,20). The number of hydrogen-bond acceptors (Lipinski definition) is 4. The number of carbonyl (C=O) groups is 1. The number of hydrogen-bond donors (Lipinski definition) is 1. The molecule has 0 aliphatic carbocycles. The van der Waals surface area contributed by atoms with Gasteiger partial charge in [-0.25, -0.2) is 4.98 Å². The molecule has 5 heteroatoms. The molecule has 0 bridgehead atoms. The Morgan fingerprint density at radius 1 is 1.22 bits per heavy atom. The number of thioether (sulfide) groups is 1. The molecule has 0 unspecified atom stereocenters. The fourth-order valence-electron chi connectivity index (χ4n) is 2.30. The molecule has 3 aromatic rings. The average Bonchev–Trinajstić information content (AvgIpc) is 3.01. The minimum atomic E-state index is 0.107. The zero-order valence-corrected chi connectivity index (χ0v) is 13.9. The molecule has 1 heterocycles. The Bertz CT molecular complexity index is 825. The van der Waals surface area contributed by atoms with Crippen molar-refractivity contribution in [3.8, 4) is 5.75 Å². The Hall–Kier alpha value is -2.27. The van der Waals surface area contributed by atoms with Crippen LogP contribution in [0.25, 0.3) is 11.0 Å². The molecule has 0 aliphatic heterocycles. The zero-order chi connectivity index (χ0) is 16.2. The molecule has 0 radical (unpaired) electrons. The molecule has 2 aromatic carbocycles. The van der Waals surface area contributed by atoms with E-state index >= 15 is 0 Å². The highest BCUT2D eigenvalue weighted by atomic mass is 32.2. The molecule has 0 fully saturated rings. The maximum absolute atomic E-state index is 12.3. The van der Waals surface area contributed by atoms with Gasteiger partial charge >= 0.3 is 0 Å². The first-order chi connectivity index (χ1) is 11.2. The van der Waals surface area contributed by atoms with E-state index in [1.54, 1.807) is 7.11 Å². The Kier molecular flexibility index (Phi) is 4.67. The third kappa shape index (κ3) is 3.56. The maximum atomic E-state index is 12.3. The highest BCUT2D eigenvalue weighted by Crippen LogP contribution is 2.23. The summed E-state index contributed by atoms with van der Waals surface area (Å²) in [5.74, 6) is 1.25. The van der Waals surface area contributed by atoms with Crippen molar-refractivity contribution in [2.45, 2.75) is 18.5 Å². The largest absolute Gasteiger partial charge is 0.497 e. The summed E-state index contributed by atoms with van der Waals surface area (Å²) in [6, 6.07) is 13.5. The van der Waals surface area contributed by atoms with Crippen molar-refractivity contribution in [2.75, 3.05) is 12.9 Å². The van der Waals surface area contributed by atoms with E-state index < -0.39 is 0 Å². The molecule has 23 heavy (non-hydrogen) atoms. The molecule has 1 aromatic heterocycles. The van der Waals surface area contributed by atoms with E-state index in [2.05, 4.69) is 16.9 Å². The summed E-state index contributed by atoms with van der Waals surface area (Å²) in [5.41, 5.74) is 3.76. The third-order valence-electron chi connectivity index (χ3n) is 3.69. The number of aromatic amines is 1. The minimum Gasteiger partial charge on any atom is -0.497 e. The number of methoxy groups -OCH3 is 1. The van der Waals surface area contributed by atoms with Crippen LogP contribution in [0.5, 0.6) is 5.75 Å². The summed E-state index contributed by atoms with van der Waals surface area (Å²) in [5, 5.41) is 0.742. The number of nitrogens with one attached hydrogen (secondary N) is 1. The number of nitrogens with zero attached hydrogens (tertiary/aromatic N) is 1. The molecule has 0 aliphatic rings. The van der Waals surface area contributed by atoms with Crippen LogP contribution in [0.15, 0.2) is 47.6 Å². The summed E-state index contributed by atoms with van der Waals surface area (Å²) in [6.07, 6.45) is 0.978. The van der Waals surface area contributed by atoms with Crippen LogP contribution in [0, 0.1) is 0 Å². The second-order valence-corrected chi connectivity index (χ2v) is 6.15. The van der Waals surface area contributed by atoms with Gasteiger partial charge < -0.3 is 9.72 Å². The number of H-pyrrole nitrogens is 1. The number of aromatic nitrogens is 2. The molecule has 118 valence electrons. The van der Waals surface area contributed by atoms with Crippen LogP contribution in [-0.4, -0.2) is 28.6 Å². The number of carbonyl (C=O) groups excluding carboxylic acids is 1. The van der Waals surface area contributed by atoms with Gasteiger partial charge in [-0.3, -0.25) is 4.79 Å². The van der Waals surface area contributed by atoms with E-state index in [9.17, 15) is 4.79 Å². The predicted octanol–water partition coefficient (Wildman–Crippen LogP) is 4.11. The van der Waals surface area contributed by atoms with Crippen LogP contribution in [-0.2, 0) is 6.42 Å². The molecule has 0 spiro atoms. The quantitative estimate of drug-likeness (QED) is 0.547. The Morgan fingerprint density at radius 3 is 2.70 bits per heavy atom. The van der Waals surface area contributed by atoms with Crippen molar-refractivity contribution in [1.82, 2.24) is 9.97 Å². The number of rotatable bonds is 6. The molecule has 0 atom stereocenters. The SMILES string of the molecule is CCc1ccc(C(=O)CSc2nc3ccc(OC)cc3[nH]2)cc1. The van der Waals surface area contributed by atoms with E-state index in [0.717, 1.165) is 33.9 Å². The van der Waals surface area contributed by atoms with Crippen molar-refractivity contribution < 1.29 is 9.53 Å². The van der Waals surface area contributed by atoms with E-state index in [0.29, 0.717) is 5.75 Å². The van der Waals surface area contributed by atoms with Gasteiger partial charge in [0.1, 0.15) is 5.75 Å². The van der Waals surface area contributed by atoms with Crippen molar-refractivity contribution in [3.05, 3.63) is 53.6 Å². The lowest BCUT2D eigenvalue weighted by Gasteiger charge is -2.01. The lowest BCUT2D eigenvalue weighted by Crippen LogP contribution is -2.02. The monoisotopic (exact) mass is 326 g/mol. The minimum absolute atomic E-state index is 0.107. The number of imidazole rings is 1. The Morgan fingerprint density at radius 2 is 2.00 bits per heavy atom. The number of ketones is 1. The smallest absolute Gasteiger partial charge is 0.173 e. The van der Waals surface area contributed by atoms with Gasteiger partial charge in [-0.15, -0.1) is 0 Å². The average molecular weight is 326 g/mol. The Labute approximate surface area is 139 Å². The molecule has 0 saturated heterocycles. The molecule has 1 N–H and O–H groups in total. The molecule has 4 nitrogen and oxygen atoms in total.